The van der Waals surface area contributed by atoms with Crippen molar-refractivity contribution in [3.8, 4) is 0 Å². The second kappa shape index (κ2) is 5.59. The first-order valence-corrected chi connectivity index (χ1v) is 3.74. The van der Waals surface area contributed by atoms with Gasteiger partial charge in [-0.3, -0.25) is 0 Å². The fourth-order valence-electron chi connectivity index (χ4n) is 0.0337. The summed E-state index contributed by atoms with van der Waals surface area (Å²) in [5.41, 5.74) is 0. The molecule has 0 saturated carbocycles. The van der Waals surface area contributed by atoms with Crippen LogP contribution in [0.5, 0.6) is 0 Å². The third-order valence-electron chi connectivity index (χ3n) is 0.178. The van der Waals surface area contributed by atoms with Crippen molar-refractivity contribution >= 4 is 55.0 Å². The van der Waals surface area contributed by atoms with E-state index in [0.717, 1.165) is 6.22 Å². The highest BCUT2D eigenvalue weighted by Crippen LogP contribution is 1.86. The van der Waals surface area contributed by atoms with Crippen LogP contribution in [0.1, 0.15) is 0 Å². The highest BCUT2D eigenvalue weighted by Gasteiger charge is 1.78. The summed E-state index contributed by atoms with van der Waals surface area (Å²) < 4.78 is 0. The number of hydrogen-bond donors (Lipinski definition) is 0. The van der Waals surface area contributed by atoms with Gasteiger partial charge in [0.2, 0.25) is 0 Å². The van der Waals surface area contributed by atoms with Crippen LogP contribution in [0.15, 0.2) is 0 Å². The summed E-state index contributed by atoms with van der Waals surface area (Å²) in [7, 11) is 0. The van der Waals surface area contributed by atoms with Crippen LogP contribution < -0.4 is 0 Å². The Kier molecular flexibility index (Phi) is 7.37. The molecular weight excluding hydrogens is 287 g/mol. The van der Waals surface area contributed by atoms with Crippen molar-refractivity contribution in [2.75, 3.05) is 0 Å². The molecule has 0 nitrogen and oxygen atoms in total. The molecule has 26 valence electrons. The molecule has 0 bridgehead atoms. The smallest absolute Gasteiger partial charge is 0.160 e. The Bertz CT molecular complexity index is 15.1. The Balaban J connectivity index is 2.19. The van der Waals surface area contributed by atoms with Crippen LogP contribution in [-0.2, 0) is 0 Å². The summed E-state index contributed by atoms with van der Waals surface area (Å²) in [4.78, 5) is 0. The molecule has 0 amide bonds. The zero-order chi connectivity index (χ0) is 4.12. The maximum absolute atomic E-state index is 2.23. The predicted octanol–water partition coefficient (Wildman–Crippen LogP) is 1.47. The van der Waals surface area contributed by atoms with E-state index >= 15 is 0 Å². The van der Waals surface area contributed by atoms with E-state index in [0.29, 0.717) is 0 Å². The maximum Gasteiger partial charge on any atom is 0.192 e. The first-order chi connectivity index (χ1) is 2.41. The van der Waals surface area contributed by atoms with Gasteiger partial charge in [-0.25, -0.2) is 0 Å². The lowest BCUT2D eigenvalue weighted by Gasteiger charge is -1.70. The minimum absolute atomic E-state index is 1.11. The van der Waals surface area contributed by atoms with Crippen molar-refractivity contribution in [1.29, 1.82) is 0 Å². The van der Waals surface area contributed by atoms with Crippen LogP contribution in [0.25, 0.3) is 0 Å². The molecule has 0 atom stereocenters. The average molecular weight is 289 g/mol. The summed E-state index contributed by atoms with van der Waals surface area (Å²) in [6.45, 7) is 0. The van der Waals surface area contributed by atoms with Crippen molar-refractivity contribution < 1.29 is 0 Å². The largest absolute Gasteiger partial charge is 0.192 e. The molecule has 0 aliphatic carbocycles. The van der Waals surface area contributed by atoms with Gasteiger partial charge in [-0.15, -0.1) is 0 Å². The molecule has 0 aromatic rings. The topological polar surface area (TPSA) is 0 Å². The molecule has 0 unspecified atom stereocenters. The van der Waals surface area contributed by atoms with Crippen molar-refractivity contribution in [3.63, 3.8) is 0 Å². The monoisotopic (exact) mass is 290 g/mol. The van der Waals surface area contributed by atoms with Crippen LogP contribution in [-0.4, -0.2) is 10.3 Å². The van der Waals surface area contributed by atoms with Crippen molar-refractivity contribution in [2.24, 2.45) is 0 Å². The van der Waals surface area contributed by atoms with Gasteiger partial charge in [-0.1, -0.05) is 6.22 Å². The summed E-state index contributed by atoms with van der Waals surface area (Å²) >= 11 is 4.45. The van der Waals surface area contributed by atoms with Crippen LogP contribution in [0, 0.1) is 0 Å². The maximum atomic E-state index is 2.23. The van der Waals surface area contributed by atoms with Crippen molar-refractivity contribution in [3.05, 3.63) is 0 Å². The number of rotatable bonds is 2. The molecule has 5 heavy (non-hydrogen) atoms. The zero-order valence-corrected chi connectivity index (χ0v) is 6.93. The first kappa shape index (κ1) is 6.59. The van der Waals surface area contributed by atoms with Crippen LogP contribution in [0.3, 0.4) is 0 Å². The molecule has 4 heteroatoms. The molecule has 0 N–H and O–H groups in total. The van der Waals surface area contributed by atoms with E-state index < -0.39 is 0 Å². The lowest BCUT2D eigenvalue weighted by molar-refractivity contribution is 2.13. The van der Waals surface area contributed by atoms with Gasteiger partial charge in [-0.2, -0.15) is 44.7 Å². The van der Waals surface area contributed by atoms with Crippen LogP contribution in [0.4, 0.5) is 0 Å². The van der Waals surface area contributed by atoms with Gasteiger partial charge in [0.05, 0.1) is 0 Å². The minimum Gasteiger partial charge on any atom is -0.160 e. The second-order valence-corrected chi connectivity index (χ2v) is 2.31. The summed E-state index contributed by atoms with van der Waals surface area (Å²) in [5, 5.41) is 4.18. The van der Waals surface area contributed by atoms with Gasteiger partial charge in [0.15, 0.2) is 10.3 Å². The Morgan fingerprint density at radius 1 is 1.20 bits per heavy atom. The SMILES string of the molecule is I[B]C[B]I. The minimum atomic E-state index is 1.11. The second-order valence-electron chi connectivity index (χ2n) is 0.544. The first-order valence-electron chi connectivity index (χ1n) is 1.25. The Hall–Kier alpha value is 1.59. The summed E-state index contributed by atoms with van der Waals surface area (Å²) in [6, 6.07) is 0. The molecule has 0 aliphatic rings. The van der Waals surface area contributed by atoms with Crippen LogP contribution in [0.2, 0.25) is 6.22 Å². The fourth-order valence-corrected chi connectivity index (χ4v) is 1.52. The van der Waals surface area contributed by atoms with E-state index in [-0.39, 0.29) is 0 Å². The van der Waals surface area contributed by atoms with Gasteiger partial charge in [-0.05, 0) is 0 Å². The Morgan fingerprint density at radius 3 is 1.60 bits per heavy atom. The molecule has 0 aliphatic heterocycles. The van der Waals surface area contributed by atoms with Gasteiger partial charge >= 0.3 is 0 Å². The van der Waals surface area contributed by atoms with E-state index in [1.807, 2.05) is 0 Å². The van der Waals surface area contributed by atoms with Gasteiger partial charge in [0.25, 0.3) is 0 Å². The standard InChI is InChI=1S/CH2B2I2/c4-2-1-3-5/h1H2. The molecule has 0 aromatic heterocycles. The lowest BCUT2D eigenvalue weighted by atomic mass is 9.87. The lowest BCUT2D eigenvalue weighted by Crippen LogP contribution is -1.77. The Labute approximate surface area is 60.7 Å². The van der Waals surface area contributed by atoms with Crippen molar-refractivity contribution in [2.45, 2.75) is 6.22 Å². The molecule has 0 fully saturated rings. The van der Waals surface area contributed by atoms with Gasteiger partial charge in [0, 0.05) is 0 Å². The normalized spacial score (nSPS) is 6.80. The fraction of sp³-hybridized carbons (Fsp3) is 1.00. The van der Waals surface area contributed by atoms with Crippen LogP contribution >= 0.6 is 44.7 Å². The van der Waals surface area contributed by atoms with E-state index in [2.05, 4.69) is 55.0 Å². The molecule has 0 saturated heterocycles. The number of halogens is 2. The highest BCUT2D eigenvalue weighted by molar-refractivity contribution is 14.1. The van der Waals surface area contributed by atoms with E-state index in [1.165, 1.54) is 0 Å². The number of hydrogen-bond acceptors (Lipinski definition) is 0. The zero-order valence-electron chi connectivity index (χ0n) is 2.62. The van der Waals surface area contributed by atoms with Gasteiger partial charge < -0.3 is 0 Å². The van der Waals surface area contributed by atoms with E-state index in [4.69, 9.17) is 0 Å². The molecular formula is CH2B2I2. The Morgan fingerprint density at radius 2 is 1.60 bits per heavy atom. The molecule has 0 aromatic carbocycles. The molecule has 0 spiro atoms. The van der Waals surface area contributed by atoms with E-state index in [1.54, 1.807) is 0 Å². The predicted molar refractivity (Wildman–Crippen MR) is 44.4 cm³/mol. The summed E-state index contributed by atoms with van der Waals surface area (Å²) in [6.07, 6.45) is 1.11. The third-order valence-corrected chi connectivity index (χ3v) is 1.20. The molecule has 0 rings (SSSR count). The average Bonchev–Trinajstić information content (AvgIpc) is 1.41. The highest BCUT2D eigenvalue weighted by atomic mass is 127. The van der Waals surface area contributed by atoms with E-state index in [9.17, 15) is 0 Å². The summed E-state index contributed by atoms with van der Waals surface area (Å²) in [5.74, 6) is 0. The molecule has 0 heterocycles. The quantitative estimate of drug-likeness (QED) is 0.533. The van der Waals surface area contributed by atoms with Crippen molar-refractivity contribution in [1.82, 2.24) is 0 Å². The third kappa shape index (κ3) is 5.59. The molecule has 2 radical (unpaired) electrons. The van der Waals surface area contributed by atoms with Gasteiger partial charge in [0.1, 0.15) is 0 Å².